The van der Waals surface area contributed by atoms with Crippen LogP contribution in [0.25, 0.3) is 0 Å². The molecule has 1 aromatic rings. The molecule has 4 heteroatoms. The van der Waals surface area contributed by atoms with Crippen LogP contribution < -0.4 is 5.32 Å². The van der Waals surface area contributed by atoms with Crippen LogP contribution in [0.4, 0.5) is 0 Å². The molecular weight excluding hydrogens is 254 g/mol. The molecule has 1 aromatic carbocycles. The maximum Gasteiger partial charge on any atom is 0.251 e. The largest absolute Gasteiger partial charge is 0.507 e. The predicted octanol–water partition coefficient (Wildman–Crippen LogP) is 2.56. The number of carbonyl (C=O) groups is 1. The molecule has 1 aliphatic rings. The molecule has 0 aliphatic carbocycles. The molecule has 1 heterocycles. The zero-order valence-electron chi connectivity index (χ0n) is 12.2. The van der Waals surface area contributed by atoms with Crippen molar-refractivity contribution in [2.45, 2.75) is 33.1 Å². The van der Waals surface area contributed by atoms with Crippen LogP contribution in [0.3, 0.4) is 0 Å². The average molecular weight is 277 g/mol. The molecule has 1 aliphatic heterocycles. The Morgan fingerprint density at radius 3 is 2.70 bits per heavy atom. The summed E-state index contributed by atoms with van der Waals surface area (Å²) >= 11 is 0. The summed E-state index contributed by atoms with van der Waals surface area (Å²) in [6.45, 7) is 5.96. The van der Waals surface area contributed by atoms with Crippen LogP contribution in [-0.2, 0) is 4.74 Å². The quantitative estimate of drug-likeness (QED) is 0.889. The highest BCUT2D eigenvalue weighted by Gasteiger charge is 2.14. The van der Waals surface area contributed by atoms with Gasteiger partial charge in [0, 0.05) is 25.3 Å². The maximum absolute atomic E-state index is 12.1. The monoisotopic (exact) mass is 277 g/mol. The molecule has 4 nitrogen and oxygen atoms in total. The number of rotatable bonds is 4. The van der Waals surface area contributed by atoms with E-state index in [-0.39, 0.29) is 11.7 Å². The SMILES string of the molecule is Cc1cc(C(=O)NCC[C@@H]2CCCOC2)cc(C)c1O. The molecule has 1 amide bonds. The average Bonchev–Trinajstić information content (AvgIpc) is 2.45. The molecule has 0 unspecified atom stereocenters. The second-order valence-electron chi connectivity index (χ2n) is 5.59. The zero-order chi connectivity index (χ0) is 14.5. The Balaban J connectivity index is 1.85. The number of amides is 1. The number of ether oxygens (including phenoxy) is 1. The summed E-state index contributed by atoms with van der Waals surface area (Å²) in [5.74, 6) is 0.751. The number of hydrogen-bond acceptors (Lipinski definition) is 3. The van der Waals surface area contributed by atoms with Crippen molar-refractivity contribution in [1.29, 1.82) is 0 Å². The first kappa shape index (κ1) is 14.9. The molecule has 1 saturated heterocycles. The van der Waals surface area contributed by atoms with Crippen LogP contribution in [0.1, 0.15) is 40.7 Å². The summed E-state index contributed by atoms with van der Waals surface area (Å²) in [5, 5.41) is 12.7. The van der Waals surface area contributed by atoms with Gasteiger partial charge >= 0.3 is 0 Å². The topological polar surface area (TPSA) is 58.6 Å². The Morgan fingerprint density at radius 2 is 2.10 bits per heavy atom. The number of aryl methyl sites for hydroxylation is 2. The van der Waals surface area contributed by atoms with Crippen molar-refractivity contribution in [1.82, 2.24) is 5.32 Å². The van der Waals surface area contributed by atoms with Crippen LogP contribution in [-0.4, -0.2) is 30.8 Å². The Morgan fingerprint density at radius 1 is 1.40 bits per heavy atom. The van der Waals surface area contributed by atoms with Crippen molar-refractivity contribution in [2.75, 3.05) is 19.8 Å². The number of carbonyl (C=O) groups excluding carboxylic acids is 1. The molecule has 1 atom stereocenters. The lowest BCUT2D eigenvalue weighted by Gasteiger charge is -2.21. The van der Waals surface area contributed by atoms with Gasteiger partial charge < -0.3 is 15.2 Å². The Hall–Kier alpha value is -1.55. The zero-order valence-corrected chi connectivity index (χ0v) is 12.2. The van der Waals surface area contributed by atoms with E-state index in [0.717, 1.165) is 37.2 Å². The highest BCUT2D eigenvalue weighted by atomic mass is 16.5. The van der Waals surface area contributed by atoms with Gasteiger partial charge in [0.25, 0.3) is 5.91 Å². The van der Waals surface area contributed by atoms with Crippen LogP contribution in [0.5, 0.6) is 5.75 Å². The predicted molar refractivity (Wildman–Crippen MR) is 78.1 cm³/mol. The van der Waals surface area contributed by atoms with Gasteiger partial charge in [0.2, 0.25) is 0 Å². The summed E-state index contributed by atoms with van der Waals surface area (Å²) in [6, 6.07) is 3.45. The standard InChI is InChI=1S/C16H23NO3/c1-11-8-14(9-12(2)15(11)18)16(19)17-6-5-13-4-3-7-20-10-13/h8-9,13,18H,3-7,10H2,1-2H3,(H,17,19)/t13-/m0/s1. The number of aromatic hydroxyl groups is 1. The summed E-state index contributed by atoms with van der Waals surface area (Å²) in [7, 11) is 0. The van der Waals surface area contributed by atoms with Crippen LogP contribution >= 0.6 is 0 Å². The molecule has 110 valence electrons. The van der Waals surface area contributed by atoms with Crippen LogP contribution in [0.2, 0.25) is 0 Å². The molecule has 2 N–H and O–H groups in total. The van der Waals surface area contributed by atoms with Gasteiger partial charge in [0.1, 0.15) is 5.75 Å². The van der Waals surface area contributed by atoms with Gasteiger partial charge in [-0.25, -0.2) is 0 Å². The van der Waals surface area contributed by atoms with Crippen molar-refractivity contribution in [3.63, 3.8) is 0 Å². The van der Waals surface area contributed by atoms with E-state index in [0.29, 0.717) is 18.0 Å². The number of phenolic OH excluding ortho intramolecular Hbond substituents is 1. The molecule has 20 heavy (non-hydrogen) atoms. The van der Waals surface area contributed by atoms with Gasteiger partial charge in [-0.2, -0.15) is 0 Å². The fraction of sp³-hybridized carbons (Fsp3) is 0.562. The third-order valence-corrected chi connectivity index (χ3v) is 3.85. The van der Waals surface area contributed by atoms with Gasteiger partial charge in [-0.05, 0) is 62.3 Å². The van der Waals surface area contributed by atoms with E-state index in [1.165, 1.54) is 6.42 Å². The van der Waals surface area contributed by atoms with E-state index in [2.05, 4.69) is 5.32 Å². The minimum atomic E-state index is -0.0760. The smallest absolute Gasteiger partial charge is 0.251 e. The Bertz CT molecular complexity index is 456. The molecule has 0 radical (unpaired) electrons. The van der Waals surface area contributed by atoms with Crippen molar-refractivity contribution in [3.05, 3.63) is 28.8 Å². The summed E-state index contributed by atoms with van der Waals surface area (Å²) < 4.78 is 5.43. The van der Waals surface area contributed by atoms with Gasteiger partial charge in [-0.1, -0.05) is 0 Å². The van der Waals surface area contributed by atoms with E-state index in [4.69, 9.17) is 4.74 Å². The van der Waals surface area contributed by atoms with E-state index >= 15 is 0 Å². The second-order valence-corrected chi connectivity index (χ2v) is 5.59. The normalized spacial score (nSPS) is 18.8. The van der Waals surface area contributed by atoms with Crippen molar-refractivity contribution in [3.8, 4) is 5.75 Å². The minimum absolute atomic E-state index is 0.0760. The number of hydrogen-bond donors (Lipinski definition) is 2. The molecule has 0 aromatic heterocycles. The summed E-state index contributed by atoms with van der Waals surface area (Å²) in [4.78, 5) is 12.1. The van der Waals surface area contributed by atoms with Crippen LogP contribution in [0, 0.1) is 19.8 Å². The van der Waals surface area contributed by atoms with Crippen LogP contribution in [0.15, 0.2) is 12.1 Å². The summed E-state index contributed by atoms with van der Waals surface area (Å²) in [5.41, 5.74) is 2.07. The van der Waals surface area contributed by atoms with Crippen molar-refractivity contribution < 1.29 is 14.6 Å². The van der Waals surface area contributed by atoms with Crippen molar-refractivity contribution >= 4 is 5.91 Å². The summed E-state index contributed by atoms with van der Waals surface area (Å²) in [6.07, 6.45) is 3.27. The molecule has 0 spiro atoms. The van der Waals surface area contributed by atoms with Gasteiger partial charge in [-0.3, -0.25) is 4.79 Å². The van der Waals surface area contributed by atoms with E-state index in [1.807, 2.05) is 0 Å². The lowest BCUT2D eigenvalue weighted by atomic mass is 9.98. The highest BCUT2D eigenvalue weighted by Crippen LogP contribution is 2.23. The van der Waals surface area contributed by atoms with Crippen molar-refractivity contribution in [2.24, 2.45) is 5.92 Å². The Kier molecular flexibility index (Phi) is 5.01. The van der Waals surface area contributed by atoms with Gasteiger partial charge in [-0.15, -0.1) is 0 Å². The lowest BCUT2D eigenvalue weighted by Crippen LogP contribution is -2.28. The number of phenols is 1. The second kappa shape index (κ2) is 6.75. The third-order valence-electron chi connectivity index (χ3n) is 3.85. The number of nitrogens with one attached hydrogen (secondary N) is 1. The Labute approximate surface area is 120 Å². The molecule has 1 fully saturated rings. The van der Waals surface area contributed by atoms with E-state index in [9.17, 15) is 9.90 Å². The van der Waals surface area contributed by atoms with E-state index in [1.54, 1.807) is 26.0 Å². The number of benzene rings is 1. The highest BCUT2D eigenvalue weighted by molar-refractivity contribution is 5.94. The van der Waals surface area contributed by atoms with Gasteiger partial charge in [0.15, 0.2) is 0 Å². The minimum Gasteiger partial charge on any atom is -0.507 e. The van der Waals surface area contributed by atoms with Gasteiger partial charge in [0.05, 0.1) is 0 Å². The third kappa shape index (κ3) is 3.73. The fourth-order valence-corrected chi connectivity index (χ4v) is 2.61. The molecule has 0 bridgehead atoms. The fourth-order valence-electron chi connectivity index (χ4n) is 2.61. The maximum atomic E-state index is 12.1. The first-order chi connectivity index (χ1) is 9.58. The first-order valence-corrected chi connectivity index (χ1v) is 7.24. The first-order valence-electron chi connectivity index (χ1n) is 7.24. The molecule has 2 rings (SSSR count). The molecule has 0 saturated carbocycles. The lowest BCUT2D eigenvalue weighted by molar-refractivity contribution is 0.0514. The van der Waals surface area contributed by atoms with E-state index < -0.39 is 0 Å². The molecular formula is C16H23NO3.